The van der Waals surface area contributed by atoms with E-state index in [-0.39, 0.29) is 12.0 Å². The molecule has 0 bridgehead atoms. The number of carbonyl (C=O) groups is 1. The van der Waals surface area contributed by atoms with Crippen LogP contribution in [0.25, 0.3) is 0 Å². The number of benzene rings is 1. The number of rotatable bonds is 4. The first kappa shape index (κ1) is 16.0. The predicted octanol–water partition coefficient (Wildman–Crippen LogP) is 3.23. The van der Waals surface area contributed by atoms with Gasteiger partial charge in [0.05, 0.1) is 0 Å². The Morgan fingerprint density at radius 3 is 2.74 bits per heavy atom. The molecule has 3 rings (SSSR count). The maximum Gasteiger partial charge on any atom is 0.410 e. The first-order valence-corrected chi connectivity index (χ1v) is 8.65. The molecule has 6 heteroatoms. The van der Waals surface area contributed by atoms with Gasteiger partial charge in [0.2, 0.25) is 0 Å². The Balaban J connectivity index is 1.46. The van der Waals surface area contributed by atoms with Crippen LogP contribution < -0.4 is 0 Å². The third-order valence-corrected chi connectivity index (χ3v) is 5.00. The molecule has 1 atom stereocenters. The van der Waals surface area contributed by atoms with Crippen LogP contribution in [0.3, 0.4) is 0 Å². The molecule has 0 aliphatic carbocycles. The highest BCUT2D eigenvalue weighted by molar-refractivity contribution is 7.09. The van der Waals surface area contributed by atoms with E-state index >= 15 is 0 Å². The number of piperidine rings is 1. The lowest BCUT2D eigenvalue weighted by atomic mass is 9.92. The summed E-state index contributed by atoms with van der Waals surface area (Å²) in [5.74, 6) is 0.152. The second-order valence-corrected chi connectivity index (χ2v) is 6.61. The Hall–Kier alpha value is -1.92. The molecule has 2 aromatic rings. The van der Waals surface area contributed by atoms with E-state index in [4.69, 9.17) is 4.74 Å². The summed E-state index contributed by atoms with van der Waals surface area (Å²) in [5, 5.41) is 13.0. The fourth-order valence-corrected chi connectivity index (χ4v) is 3.51. The van der Waals surface area contributed by atoms with Gasteiger partial charge in [0.15, 0.2) is 0 Å². The molecule has 1 saturated heterocycles. The van der Waals surface area contributed by atoms with Gasteiger partial charge in [-0.25, -0.2) is 9.78 Å². The Kier molecular flexibility index (Phi) is 5.25. The topological polar surface area (TPSA) is 62.7 Å². The summed E-state index contributed by atoms with van der Waals surface area (Å²) in [4.78, 5) is 18.0. The summed E-state index contributed by atoms with van der Waals surface area (Å²) in [6, 6.07) is 9.65. The molecular formula is C17H20N2O3S. The molecular weight excluding hydrogens is 312 g/mol. The number of aliphatic hydroxyl groups excluding tert-OH is 1. The first-order chi connectivity index (χ1) is 11.2. The van der Waals surface area contributed by atoms with Crippen LogP contribution in [0, 0.1) is 5.92 Å². The van der Waals surface area contributed by atoms with E-state index < -0.39 is 6.10 Å². The van der Waals surface area contributed by atoms with Gasteiger partial charge in [0.25, 0.3) is 0 Å². The van der Waals surface area contributed by atoms with Gasteiger partial charge < -0.3 is 14.7 Å². The number of hydrogen-bond acceptors (Lipinski definition) is 5. The standard InChI is InChI=1S/C17H20N2O3S/c20-15(16-18-8-11-23-16)14-6-9-19(10-7-14)17(21)22-12-13-4-2-1-3-5-13/h1-5,8,11,14-15,20H,6-7,9-10,12H2. The number of ether oxygens (including phenoxy) is 1. The molecule has 1 aromatic carbocycles. The largest absolute Gasteiger partial charge is 0.445 e. The third kappa shape index (κ3) is 4.09. The molecule has 1 aromatic heterocycles. The zero-order valence-electron chi connectivity index (χ0n) is 12.8. The Morgan fingerprint density at radius 1 is 1.35 bits per heavy atom. The maximum atomic E-state index is 12.1. The summed E-state index contributed by atoms with van der Waals surface area (Å²) in [5.41, 5.74) is 0.981. The van der Waals surface area contributed by atoms with E-state index in [1.807, 2.05) is 35.7 Å². The average molecular weight is 332 g/mol. The molecule has 23 heavy (non-hydrogen) atoms. The molecule has 2 heterocycles. The van der Waals surface area contributed by atoms with E-state index in [1.165, 1.54) is 11.3 Å². The number of thiazole rings is 1. The zero-order chi connectivity index (χ0) is 16.1. The van der Waals surface area contributed by atoms with Gasteiger partial charge in [-0.1, -0.05) is 30.3 Å². The molecule has 1 amide bonds. The van der Waals surface area contributed by atoms with Crippen molar-refractivity contribution in [2.45, 2.75) is 25.6 Å². The molecule has 1 aliphatic rings. The van der Waals surface area contributed by atoms with Crippen LogP contribution in [0.15, 0.2) is 41.9 Å². The van der Waals surface area contributed by atoms with Gasteiger partial charge in [-0.05, 0) is 24.3 Å². The second-order valence-electron chi connectivity index (χ2n) is 5.68. The number of aliphatic hydroxyl groups is 1. The summed E-state index contributed by atoms with van der Waals surface area (Å²) >= 11 is 1.47. The van der Waals surface area contributed by atoms with Crippen LogP contribution >= 0.6 is 11.3 Å². The van der Waals surface area contributed by atoms with Crippen LogP contribution in [0.4, 0.5) is 4.79 Å². The summed E-state index contributed by atoms with van der Waals surface area (Å²) in [6.07, 6.45) is 2.43. The number of likely N-dealkylation sites (tertiary alicyclic amines) is 1. The molecule has 1 N–H and O–H groups in total. The molecule has 122 valence electrons. The van der Waals surface area contributed by atoms with Crippen LogP contribution in [0.2, 0.25) is 0 Å². The lowest BCUT2D eigenvalue weighted by Crippen LogP contribution is -2.40. The van der Waals surface area contributed by atoms with Gasteiger partial charge in [-0.2, -0.15) is 0 Å². The van der Waals surface area contributed by atoms with Gasteiger partial charge in [0.1, 0.15) is 17.7 Å². The van der Waals surface area contributed by atoms with Crippen LogP contribution in [-0.2, 0) is 11.3 Å². The van der Waals surface area contributed by atoms with Crippen LogP contribution in [0.1, 0.15) is 29.5 Å². The lowest BCUT2D eigenvalue weighted by molar-refractivity contribution is 0.0449. The molecule has 0 saturated carbocycles. The number of aromatic nitrogens is 1. The highest BCUT2D eigenvalue weighted by Gasteiger charge is 2.29. The van der Waals surface area contributed by atoms with E-state index in [2.05, 4.69) is 4.98 Å². The zero-order valence-corrected chi connectivity index (χ0v) is 13.6. The van der Waals surface area contributed by atoms with Gasteiger partial charge in [-0.3, -0.25) is 0 Å². The second kappa shape index (κ2) is 7.57. The fourth-order valence-electron chi connectivity index (χ4n) is 2.79. The SMILES string of the molecule is O=C(OCc1ccccc1)N1CCC(C(O)c2nccs2)CC1. The number of amides is 1. The van der Waals surface area contributed by atoms with Crippen molar-refractivity contribution in [1.29, 1.82) is 0 Å². The molecule has 1 unspecified atom stereocenters. The van der Waals surface area contributed by atoms with Crippen molar-refractivity contribution in [2.24, 2.45) is 5.92 Å². The third-order valence-electron chi connectivity index (χ3n) is 4.15. The molecule has 1 aliphatic heterocycles. The summed E-state index contributed by atoms with van der Waals surface area (Å²) in [6.45, 7) is 1.52. The molecule has 0 spiro atoms. The molecule has 5 nitrogen and oxygen atoms in total. The van der Waals surface area contributed by atoms with Crippen molar-refractivity contribution in [3.05, 3.63) is 52.5 Å². The Bertz CT molecular complexity index is 610. The summed E-state index contributed by atoms with van der Waals surface area (Å²) in [7, 11) is 0. The molecule has 0 radical (unpaired) electrons. The highest BCUT2D eigenvalue weighted by atomic mass is 32.1. The van der Waals surface area contributed by atoms with Crippen LogP contribution in [-0.4, -0.2) is 34.2 Å². The minimum atomic E-state index is -0.530. The monoisotopic (exact) mass is 332 g/mol. The van der Waals surface area contributed by atoms with Crippen molar-refractivity contribution in [3.8, 4) is 0 Å². The minimum Gasteiger partial charge on any atom is -0.445 e. The number of carbonyl (C=O) groups excluding carboxylic acids is 1. The van der Waals surface area contributed by atoms with E-state index in [0.717, 1.165) is 23.4 Å². The van der Waals surface area contributed by atoms with Gasteiger partial charge >= 0.3 is 6.09 Å². The predicted molar refractivity (Wildman–Crippen MR) is 88.0 cm³/mol. The van der Waals surface area contributed by atoms with Gasteiger partial charge in [0, 0.05) is 24.7 Å². The fraction of sp³-hybridized carbons (Fsp3) is 0.412. The van der Waals surface area contributed by atoms with E-state index in [9.17, 15) is 9.90 Å². The molecule has 1 fully saturated rings. The lowest BCUT2D eigenvalue weighted by Gasteiger charge is -2.33. The highest BCUT2D eigenvalue weighted by Crippen LogP contribution is 2.31. The summed E-state index contributed by atoms with van der Waals surface area (Å²) < 4.78 is 5.35. The number of nitrogens with zero attached hydrogens (tertiary/aromatic N) is 2. The maximum absolute atomic E-state index is 12.1. The van der Waals surface area contributed by atoms with E-state index in [0.29, 0.717) is 19.7 Å². The Labute approximate surface area is 139 Å². The van der Waals surface area contributed by atoms with Crippen molar-refractivity contribution >= 4 is 17.4 Å². The van der Waals surface area contributed by atoms with E-state index in [1.54, 1.807) is 11.1 Å². The minimum absolute atomic E-state index is 0.152. The van der Waals surface area contributed by atoms with Crippen molar-refractivity contribution in [2.75, 3.05) is 13.1 Å². The van der Waals surface area contributed by atoms with Crippen molar-refractivity contribution in [3.63, 3.8) is 0 Å². The van der Waals surface area contributed by atoms with Crippen LogP contribution in [0.5, 0.6) is 0 Å². The first-order valence-electron chi connectivity index (χ1n) is 7.77. The van der Waals surface area contributed by atoms with Crippen molar-refractivity contribution in [1.82, 2.24) is 9.88 Å². The van der Waals surface area contributed by atoms with Crippen molar-refractivity contribution < 1.29 is 14.6 Å². The quantitative estimate of drug-likeness (QED) is 0.934. The Morgan fingerprint density at radius 2 is 2.09 bits per heavy atom. The normalized spacial score (nSPS) is 17.0. The average Bonchev–Trinajstić information content (AvgIpc) is 3.15. The number of hydrogen-bond donors (Lipinski definition) is 1. The van der Waals surface area contributed by atoms with Gasteiger partial charge in [-0.15, -0.1) is 11.3 Å². The smallest absolute Gasteiger partial charge is 0.410 e.